The maximum absolute atomic E-state index is 5.96. The van der Waals surface area contributed by atoms with Crippen molar-refractivity contribution in [3.05, 3.63) is 72.3 Å². The minimum atomic E-state index is 0.535. The van der Waals surface area contributed by atoms with Crippen molar-refractivity contribution < 1.29 is 9.47 Å². The van der Waals surface area contributed by atoms with Gasteiger partial charge in [-0.2, -0.15) is 0 Å². The second-order valence-corrected chi connectivity index (χ2v) is 7.08. The number of hydrogen-bond donors (Lipinski definition) is 0. The van der Waals surface area contributed by atoms with Gasteiger partial charge < -0.3 is 14.0 Å². The van der Waals surface area contributed by atoms with E-state index in [-0.39, 0.29) is 0 Å². The molecule has 0 saturated heterocycles. The van der Waals surface area contributed by atoms with E-state index in [0.717, 1.165) is 44.6 Å². The molecule has 0 fully saturated rings. The van der Waals surface area contributed by atoms with E-state index in [2.05, 4.69) is 29.7 Å². The Bertz CT molecular complexity index is 1320. The molecule has 0 aliphatic carbocycles. The molecule has 0 aliphatic heterocycles. The minimum Gasteiger partial charge on any atom is -0.497 e. The van der Waals surface area contributed by atoms with Crippen molar-refractivity contribution in [2.45, 2.75) is 13.5 Å². The summed E-state index contributed by atoms with van der Waals surface area (Å²) in [5.41, 5.74) is 5.97. The molecular weight excluding hydrogens is 362 g/mol. The largest absolute Gasteiger partial charge is 0.497 e. The number of fused-ring (bicyclic) bond motifs is 4. The second kappa shape index (κ2) is 7.09. The first-order valence-corrected chi connectivity index (χ1v) is 9.65. The van der Waals surface area contributed by atoms with Gasteiger partial charge >= 0.3 is 0 Å². The molecule has 144 valence electrons. The van der Waals surface area contributed by atoms with E-state index in [1.54, 1.807) is 7.11 Å². The zero-order valence-electron chi connectivity index (χ0n) is 16.4. The van der Waals surface area contributed by atoms with Crippen LogP contribution in [0.25, 0.3) is 33.1 Å². The Morgan fingerprint density at radius 2 is 1.59 bits per heavy atom. The van der Waals surface area contributed by atoms with E-state index in [1.807, 2.05) is 48.5 Å². The molecule has 0 bridgehead atoms. The van der Waals surface area contributed by atoms with Crippen molar-refractivity contribution in [1.29, 1.82) is 0 Å². The van der Waals surface area contributed by atoms with E-state index < -0.39 is 0 Å². The van der Waals surface area contributed by atoms with Crippen LogP contribution in [0, 0.1) is 6.92 Å². The van der Waals surface area contributed by atoms with Crippen LogP contribution in [0.15, 0.2) is 66.7 Å². The van der Waals surface area contributed by atoms with E-state index in [0.29, 0.717) is 13.2 Å². The quantitative estimate of drug-likeness (QED) is 0.422. The zero-order chi connectivity index (χ0) is 19.8. The number of para-hydroxylation sites is 2. The number of hydrogen-bond acceptors (Lipinski definition) is 4. The van der Waals surface area contributed by atoms with E-state index >= 15 is 0 Å². The van der Waals surface area contributed by atoms with Crippen LogP contribution in [0.2, 0.25) is 0 Å². The lowest BCUT2D eigenvalue weighted by atomic mass is 10.1. The number of methoxy groups -OCH3 is 1. The van der Waals surface area contributed by atoms with Crippen LogP contribution in [-0.4, -0.2) is 28.3 Å². The number of benzene rings is 3. The zero-order valence-corrected chi connectivity index (χ0v) is 16.4. The average Bonchev–Trinajstić information content (AvgIpc) is 3.05. The molecular formula is C24H21N3O2. The molecule has 0 unspecified atom stereocenters. The highest BCUT2D eigenvalue weighted by Gasteiger charge is 2.14. The summed E-state index contributed by atoms with van der Waals surface area (Å²) < 4.78 is 13.4. The normalized spacial score (nSPS) is 11.4. The van der Waals surface area contributed by atoms with Crippen LogP contribution in [-0.2, 0) is 6.54 Å². The lowest BCUT2D eigenvalue weighted by molar-refractivity contribution is 0.301. The fourth-order valence-electron chi connectivity index (χ4n) is 3.70. The lowest BCUT2D eigenvalue weighted by Gasteiger charge is -2.10. The SMILES string of the molecule is COc1ccc(OCCn2c3ccc(C)cc3c3nc4ccccc4nc32)cc1. The molecule has 0 N–H and O–H groups in total. The fraction of sp³-hybridized carbons (Fsp3) is 0.167. The predicted molar refractivity (Wildman–Crippen MR) is 116 cm³/mol. The number of aromatic nitrogens is 3. The standard InChI is InChI=1S/C24H21N3O2/c1-16-7-12-22-19(15-16)23-24(26-21-6-4-3-5-20(21)25-23)27(22)13-14-29-18-10-8-17(28-2)9-11-18/h3-12,15H,13-14H2,1-2H3. The van der Waals surface area contributed by atoms with Gasteiger partial charge in [0.15, 0.2) is 5.65 Å². The summed E-state index contributed by atoms with van der Waals surface area (Å²) in [4.78, 5) is 9.84. The van der Waals surface area contributed by atoms with Crippen molar-refractivity contribution in [1.82, 2.24) is 14.5 Å². The van der Waals surface area contributed by atoms with Crippen LogP contribution in [0.4, 0.5) is 0 Å². The van der Waals surface area contributed by atoms with Crippen molar-refractivity contribution in [3.8, 4) is 11.5 Å². The van der Waals surface area contributed by atoms with Crippen LogP contribution in [0.5, 0.6) is 11.5 Å². The van der Waals surface area contributed by atoms with Gasteiger partial charge in [0.1, 0.15) is 23.6 Å². The number of ether oxygens (including phenoxy) is 2. The topological polar surface area (TPSA) is 49.2 Å². The van der Waals surface area contributed by atoms with Gasteiger partial charge in [0.05, 0.1) is 30.2 Å². The summed E-state index contributed by atoms with van der Waals surface area (Å²) in [5.74, 6) is 1.64. The van der Waals surface area contributed by atoms with Gasteiger partial charge in [-0.05, 0) is 55.5 Å². The Labute approximate surface area is 168 Å². The van der Waals surface area contributed by atoms with Crippen molar-refractivity contribution in [2.75, 3.05) is 13.7 Å². The molecule has 0 aliphatic rings. The predicted octanol–water partition coefficient (Wildman–Crippen LogP) is 5.13. The maximum Gasteiger partial charge on any atom is 0.160 e. The summed E-state index contributed by atoms with van der Waals surface area (Å²) in [6, 6.07) is 22.1. The Morgan fingerprint density at radius 3 is 2.34 bits per heavy atom. The molecule has 0 spiro atoms. The van der Waals surface area contributed by atoms with Gasteiger partial charge in [-0.15, -0.1) is 0 Å². The van der Waals surface area contributed by atoms with Gasteiger partial charge in [0.25, 0.3) is 0 Å². The third-order valence-corrected chi connectivity index (χ3v) is 5.15. The van der Waals surface area contributed by atoms with E-state index in [4.69, 9.17) is 19.4 Å². The highest BCUT2D eigenvalue weighted by Crippen LogP contribution is 2.29. The summed E-state index contributed by atoms with van der Waals surface area (Å²) >= 11 is 0. The smallest absolute Gasteiger partial charge is 0.160 e. The molecule has 2 aromatic heterocycles. The first-order valence-electron chi connectivity index (χ1n) is 9.65. The Kier molecular flexibility index (Phi) is 4.28. The summed E-state index contributed by atoms with van der Waals surface area (Å²) in [6.45, 7) is 3.32. The molecule has 3 aromatic carbocycles. The second-order valence-electron chi connectivity index (χ2n) is 7.08. The van der Waals surface area contributed by atoms with Crippen molar-refractivity contribution in [3.63, 3.8) is 0 Å². The van der Waals surface area contributed by atoms with Gasteiger partial charge in [-0.3, -0.25) is 0 Å². The molecule has 0 atom stereocenters. The molecule has 5 nitrogen and oxygen atoms in total. The van der Waals surface area contributed by atoms with E-state index in [1.165, 1.54) is 5.56 Å². The maximum atomic E-state index is 5.96. The third-order valence-electron chi connectivity index (χ3n) is 5.15. The fourth-order valence-corrected chi connectivity index (χ4v) is 3.70. The first kappa shape index (κ1) is 17.5. The molecule has 0 amide bonds. The third kappa shape index (κ3) is 3.14. The molecule has 29 heavy (non-hydrogen) atoms. The van der Waals surface area contributed by atoms with Gasteiger partial charge in [-0.1, -0.05) is 23.8 Å². The van der Waals surface area contributed by atoms with E-state index in [9.17, 15) is 0 Å². The average molecular weight is 383 g/mol. The molecule has 0 saturated carbocycles. The summed E-state index contributed by atoms with van der Waals surface area (Å²) in [5, 5.41) is 1.13. The van der Waals surface area contributed by atoms with Crippen LogP contribution in [0.3, 0.4) is 0 Å². The molecule has 5 heteroatoms. The van der Waals surface area contributed by atoms with Crippen LogP contribution in [0.1, 0.15) is 5.56 Å². The Hall–Kier alpha value is -3.60. The van der Waals surface area contributed by atoms with Gasteiger partial charge in [0.2, 0.25) is 0 Å². The van der Waals surface area contributed by atoms with Gasteiger partial charge in [0, 0.05) is 5.39 Å². The number of rotatable bonds is 5. The molecule has 0 radical (unpaired) electrons. The van der Waals surface area contributed by atoms with Gasteiger partial charge in [-0.25, -0.2) is 9.97 Å². The Morgan fingerprint density at radius 1 is 0.862 bits per heavy atom. The monoisotopic (exact) mass is 383 g/mol. The van der Waals surface area contributed by atoms with Crippen LogP contribution < -0.4 is 9.47 Å². The summed E-state index contributed by atoms with van der Waals surface area (Å²) in [7, 11) is 1.66. The first-order chi connectivity index (χ1) is 14.2. The van der Waals surface area contributed by atoms with Crippen LogP contribution >= 0.6 is 0 Å². The van der Waals surface area contributed by atoms with Crippen molar-refractivity contribution >= 4 is 33.1 Å². The number of aryl methyl sites for hydroxylation is 1. The molecule has 5 rings (SSSR count). The summed E-state index contributed by atoms with van der Waals surface area (Å²) in [6.07, 6.45) is 0. The number of nitrogens with zero attached hydrogens (tertiary/aromatic N) is 3. The highest BCUT2D eigenvalue weighted by atomic mass is 16.5. The minimum absolute atomic E-state index is 0.535. The van der Waals surface area contributed by atoms with Crippen molar-refractivity contribution in [2.24, 2.45) is 0 Å². The highest BCUT2D eigenvalue weighted by molar-refractivity contribution is 6.06. The Balaban J connectivity index is 1.54. The molecule has 5 aromatic rings. The lowest BCUT2D eigenvalue weighted by Crippen LogP contribution is -2.08. The molecule has 2 heterocycles.